The molecule has 0 radical (unpaired) electrons. The van der Waals surface area contributed by atoms with E-state index in [1.807, 2.05) is 31.6 Å². The molecule has 0 saturated heterocycles. The molecule has 4 aromatic heterocycles. The molecule has 0 unspecified atom stereocenters. The van der Waals surface area contributed by atoms with Gasteiger partial charge in [-0.2, -0.15) is 0 Å². The normalized spacial score (nSPS) is 13.8. The molecule has 4 heterocycles. The van der Waals surface area contributed by atoms with Gasteiger partial charge < -0.3 is 18.6 Å². The SMILES string of the molecule is COC(=O)c1cc(C2CC2)cnc1Cc1ccc2c(c1)c(-c1ccccc1C)cn2C.COC(=O)c1cc(C2CC2)cnc1Cc1ccc2c(c1)c(Br)cn2C. The Hall–Kier alpha value is -5.54. The Morgan fingerprint density at radius 3 is 1.70 bits per heavy atom. The zero-order valence-corrected chi connectivity index (χ0v) is 34.0. The molecule has 2 saturated carbocycles. The summed E-state index contributed by atoms with van der Waals surface area (Å²) in [5, 5.41) is 2.37. The molecule has 0 amide bonds. The zero-order valence-electron chi connectivity index (χ0n) is 32.4. The monoisotopic (exact) mass is 808 g/mol. The summed E-state index contributed by atoms with van der Waals surface area (Å²) in [7, 11) is 6.96. The molecule has 7 aromatic rings. The van der Waals surface area contributed by atoms with Crippen molar-refractivity contribution < 1.29 is 19.1 Å². The van der Waals surface area contributed by atoms with Gasteiger partial charge in [0, 0.05) is 83.6 Å². The summed E-state index contributed by atoms with van der Waals surface area (Å²) >= 11 is 3.61. The van der Waals surface area contributed by atoms with Crippen LogP contribution in [0.3, 0.4) is 0 Å². The van der Waals surface area contributed by atoms with E-state index in [2.05, 4.69) is 122 Å². The Balaban J connectivity index is 0.000000161. The molecule has 9 rings (SSSR count). The Kier molecular flexibility index (Phi) is 10.4. The molecule has 0 N–H and O–H groups in total. The lowest BCUT2D eigenvalue weighted by Crippen LogP contribution is -2.09. The first-order valence-corrected chi connectivity index (χ1v) is 19.9. The van der Waals surface area contributed by atoms with Gasteiger partial charge in [-0.05, 0) is 130 Å². The lowest BCUT2D eigenvalue weighted by Gasteiger charge is -2.10. The Morgan fingerprint density at radius 2 is 1.18 bits per heavy atom. The maximum absolute atomic E-state index is 12.4. The van der Waals surface area contributed by atoms with Crippen molar-refractivity contribution in [3.05, 3.63) is 152 Å². The average molecular weight is 810 g/mol. The Morgan fingerprint density at radius 1 is 0.679 bits per heavy atom. The van der Waals surface area contributed by atoms with Gasteiger partial charge in [0.25, 0.3) is 0 Å². The first kappa shape index (κ1) is 37.4. The van der Waals surface area contributed by atoms with Crippen LogP contribution in [-0.4, -0.2) is 45.3 Å². The quantitative estimate of drug-likeness (QED) is 0.135. The summed E-state index contributed by atoms with van der Waals surface area (Å²) in [6.45, 7) is 2.14. The van der Waals surface area contributed by atoms with Gasteiger partial charge >= 0.3 is 11.9 Å². The van der Waals surface area contributed by atoms with Crippen molar-refractivity contribution in [2.75, 3.05) is 14.2 Å². The van der Waals surface area contributed by atoms with Crippen LogP contribution in [0.25, 0.3) is 32.9 Å². The number of aromatic nitrogens is 4. The highest BCUT2D eigenvalue weighted by Crippen LogP contribution is 2.41. The number of fused-ring (bicyclic) bond motifs is 2. The van der Waals surface area contributed by atoms with Gasteiger partial charge in [-0.25, -0.2) is 9.59 Å². The molecule has 0 spiro atoms. The van der Waals surface area contributed by atoms with Crippen LogP contribution in [0.5, 0.6) is 0 Å². The van der Waals surface area contributed by atoms with Crippen molar-refractivity contribution in [1.29, 1.82) is 0 Å². The van der Waals surface area contributed by atoms with Crippen LogP contribution >= 0.6 is 15.9 Å². The smallest absolute Gasteiger partial charge is 0.339 e. The summed E-state index contributed by atoms with van der Waals surface area (Å²) in [5.74, 6) is 0.474. The van der Waals surface area contributed by atoms with Crippen molar-refractivity contribution >= 4 is 49.7 Å². The van der Waals surface area contributed by atoms with E-state index < -0.39 is 0 Å². The fourth-order valence-corrected chi connectivity index (χ4v) is 8.30. The molecule has 0 bridgehead atoms. The predicted molar refractivity (Wildman–Crippen MR) is 224 cm³/mol. The van der Waals surface area contributed by atoms with E-state index in [-0.39, 0.29) is 11.9 Å². The van der Waals surface area contributed by atoms with Crippen molar-refractivity contribution in [2.24, 2.45) is 14.1 Å². The number of hydrogen-bond acceptors (Lipinski definition) is 6. The summed E-state index contributed by atoms with van der Waals surface area (Å²) in [6, 6.07) is 25.3. The summed E-state index contributed by atoms with van der Waals surface area (Å²) in [6.07, 6.45) is 14.0. The number of aryl methyl sites for hydroxylation is 3. The summed E-state index contributed by atoms with van der Waals surface area (Å²) < 4.78 is 15.3. The number of halogens is 1. The van der Waals surface area contributed by atoms with Crippen molar-refractivity contribution in [2.45, 2.75) is 57.3 Å². The number of esters is 2. The van der Waals surface area contributed by atoms with Gasteiger partial charge in [-0.3, -0.25) is 9.97 Å². The van der Waals surface area contributed by atoms with Gasteiger partial charge in [-0.1, -0.05) is 36.4 Å². The molecule has 8 nitrogen and oxygen atoms in total. The number of pyridine rings is 2. The molecule has 0 atom stereocenters. The molecular formula is C47H45BrN4O4. The van der Waals surface area contributed by atoms with Crippen LogP contribution in [0.1, 0.15) is 97.4 Å². The van der Waals surface area contributed by atoms with E-state index in [1.54, 1.807) is 0 Å². The van der Waals surface area contributed by atoms with E-state index in [9.17, 15) is 9.59 Å². The summed E-state index contributed by atoms with van der Waals surface area (Å²) in [4.78, 5) is 33.9. The van der Waals surface area contributed by atoms with E-state index in [4.69, 9.17) is 9.47 Å². The van der Waals surface area contributed by atoms with E-state index in [1.165, 1.54) is 73.0 Å². The van der Waals surface area contributed by atoms with E-state index in [0.717, 1.165) is 43.5 Å². The number of carbonyl (C=O) groups excluding carboxylic acids is 2. The third-order valence-electron chi connectivity index (χ3n) is 11.1. The minimum absolute atomic E-state index is 0.313. The van der Waals surface area contributed by atoms with Gasteiger partial charge in [0.05, 0.1) is 36.7 Å². The lowest BCUT2D eigenvalue weighted by molar-refractivity contribution is 0.0590. The third-order valence-corrected chi connectivity index (χ3v) is 11.8. The molecule has 2 aliphatic rings. The second-order valence-electron chi connectivity index (χ2n) is 15.2. The Bertz CT molecular complexity index is 2630. The topological polar surface area (TPSA) is 88.2 Å². The van der Waals surface area contributed by atoms with Crippen LogP contribution in [0.15, 0.2) is 102 Å². The van der Waals surface area contributed by atoms with Crippen LogP contribution in [-0.2, 0) is 36.4 Å². The first-order chi connectivity index (χ1) is 27.1. The second kappa shape index (κ2) is 15.5. The highest BCUT2D eigenvalue weighted by Gasteiger charge is 2.27. The fraction of sp³-hybridized carbons (Fsp3) is 0.277. The average Bonchev–Trinajstić information content (AvgIpc) is 4.16. The highest BCUT2D eigenvalue weighted by molar-refractivity contribution is 9.10. The molecule has 56 heavy (non-hydrogen) atoms. The lowest BCUT2D eigenvalue weighted by atomic mass is 9.97. The van der Waals surface area contributed by atoms with Gasteiger partial charge in [0.1, 0.15) is 0 Å². The number of rotatable bonds is 9. The minimum atomic E-state index is -0.314. The number of nitrogens with zero attached hydrogens (tertiary/aromatic N) is 4. The molecule has 3 aromatic carbocycles. The fourth-order valence-electron chi connectivity index (χ4n) is 7.68. The standard InChI is InChI=1S/C27H26N2O2.C20H19BrN2O2/c1-17-6-4-5-7-21(17)24-16-29(2)26-11-8-18(12-22(24)26)13-25-23(27(30)31-3)14-20(15-28-25)19-9-10-19;1-23-11-17(21)15-7-12(3-6-19(15)23)8-18-16(20(24)25-2)9-14(10-22-18)13-4-5-13/h4-8,11-12,14-16,19H,9-10,13H2,1-3H3;3,6-7,9-11,13H,4-5,8H2,1-2H3. The van der Waals surface area contributed by atoms with Crippen LogP contribution in [0.2, 0.25) is 0 Å². The van der Waals surface area contributed by atoms with E-state index in [0.29, 0.717) is 35.8 Å². The predicted octanol–water partition coefficient (Wildman–Crippen LogP) is 10.4. The van der Waals surface area contributed by atoms with Crippen molar-refractivity contribution in [1.82, 2.24) is 19.1 Å². The second-order valence-corrected chi connectivity index (χ2v) is 16.0. The van der Waals surface area contributed by atoms with Gasteiger partial charge in [-0.15, -0.1) is 0 Å². The van der Waals surface area contributed by atoms with Crippen LogP contribution in [0.4, 0.5) is 0 Å². The van der Waals surface area contributed by atoms with Gasteiger partial charge in [0.15, 0.2) is 0 Å². The van der Waals surface area contributed by atoms with E-state index >= 15 is 0 Å². The van der Waals surface area contributed by atoms with Crippen LogP contribution in [0, 0.1) is 6.92 Å². The maximum Gasteiger partial charge on any atom is 0.339 e. The number of hydrogen-bond donors (Lipinski definition) is 0. The molecular weight excluding hydrogens is 764 g/mol. The maximum atomic E-state index is 12.4. The number of methoxy groups -OCH3 is 2. The zero-order chi connectivity index (χ0) is 39.1. The number of ether oxygens (including phenoxy) is 2. The van der Waals surface area contributed by atoms with Gasteiger partial charge in [0.2, 0.25) is 0 Å². The first-order valence-electron chi connectivity index (χ1n) is 19.1. The number of benzene rings is 3. The minimum Gasteiger partial charge on any atom is -0.465 e. The Labute approximate surface area is 335 Å². The van der Waals surface area contributed by atoms with Crippen molar-refractivity contribution in [3.63, 3.8) is 0 Å². The van der Waals surface area contributed by atoms with Crippen molar-refractivity contribution in [3.8, 4) is 11.1 Å². The largest absolute Gasteiger partial charge is 0.465 e. The molecule has 284 valence electrons. The molecule has 2 fully saturated rings. The molecule has 9 heteroatoms. The summed E-state index contributed by atoms with van der Waals surface area (Å²) in [5.41, 5.74) is 13.3. The third kappa shape index (κ3) is 7.65. The molecule has 0 aliphatic heterocycles. The number of carbonyl (C=O) groups is 2. The van der Waals surface area contributed by atoms with Crippen LogP contribution < -0.4 is 0 Å². The highest BCUT2D eigenvalue weighted by atomic mass is 79.9. The molecule has 2 aliphatic carbocycles.